The highest BCUT2D eigenvalue weighted by Gasteiger charge is 2.24. The predicted octanol–water partition coefficient (Wildman–Crippen LogP) is 0.0476. The summed E-state index contributed by atoms with van der Waals surface area (Å²) in [5.41, 5.74) is 11.7. The van der Waals surface area contributed by atoms with Gasteiger partial charge in [0.25, 0.3) is 5.91 Å². The smallest absolute Gasteiger partial charge is 0.305 e. The highest BCUT2D eigenvalue weighted by Crippen LogP contribution is 2.16. The van der Waals surface area contributed by atoms with Gasteiger partial charge in [-0.2, -0.15) is 0 Å². The third kappa shape index (κ3) is 9.69. The molecular weight excluding hydrogens is 470 g/mol. The van der Waals surface area contributed by atoms with Gasteiger partial charge in [-0.05, 0) is 55.4 Å². The number of aliphatic carboxylic acids is 1. The fourth-order valence-corrected chi connectivity index (χ4v) is 2.92. The van der Waals surface area contributed by atoms with Crippen LogP contribution in [0.2, 0.25) is 0 Å². The Labute approximate surface area is 207 Å². The summed E-state index contributed by atoms with van der Waals surface area (Å²) in [6.45, 7) is 0.452. The molecular formula is C23H29N7O6. The first kappa shape index (κ1) is 27.6. The van der Waals surface area contributed by atoms with Gasteiger partial charge in [0.2, 0.25) is 11.8 Å². The van der Waals surface area contributed by atoms with Gasteiger partial charge >= 0.3 is 5.97 Å². The maximum absolute atomic E-state index is 12.6. The van der Waals surface area contributed by atoms with E-state index in [1.54, 1.807) is 36.4 Å². The number of amides is 3. The minimum absolute atomic E-state index is 0.198. The maximum Gasteiger partial charge on any atom is 0.305 e. The molecule has 0 aliphatic rings. The van der Waals surface area contributed by atoms with E-state index in [1.165, 1.54) is 12.1 Å². The molecule has 13 heteroatoms. The van der Waals surface area contributed by atoms with E-state index in [9.17, 15) is 19.2 Å². The molecule has 0 fully saturated rings. The molecule has 0 radical (unpaired) electrons. The van der Waals surface area contributed by atoms with E-state index in [0.29, 0.717) is 36.7 Å². The first-order chi connectivity index (χ1) is 17.2. The van der Waals surface area contributed by atoms with Gasteiger partial charge in [0.1, 0.15) is 11.8 Å². The number of hydrogen-bond donors (Lipinski definition) is 8. The molecule has 1 atom stereocenters. The van der Waals surface area contributed by atoms with Gasteiger partial charge < -0.3 is 42.6 Å². The zero-order valence-corrected chi connectivity index (χ0v) is 19.4. The van der Waals surface area contributed by atoms with Crippen LogP contribution in [0.3, 0.4) is 0 Å². The van der Waals surface area contributed by atoms with Crippen molar-refractivity contribution in [3.05, 3.63) is 54.1 Å². The second-order valence-electron chi connectivity index (χ2n) is 7.52. The lowest BCUT2D eigenvalue weighted by atomic mass is 10.1. The zero-order valence-electron chi connectivity index (χ0n) is 19.4. The summed E-state index contributed by atoms with van der Waals surface area (Å²) >= 11 is 0. The molecule has 0 aromatic heterocycles. The second-order valence-corrected chi connectivity index (χ2v) is 7.52. The first-order valence-corrected chi connectivity index (χ1v) is 10.9. The summed E-state index contributed by atoms with van der Waals surface area (Å²) < 4.78 is 5.48. The Morgan fingerprint density at radius 1 is 1.03 bits per heavy atom. The highest BCUT2D eigenvalue weighted by atomic mass is 16.5. The van der Waals surface area contributed by atoms with Crippen LogP contribution in [0.25, 0.3) is 0 Å². The zero-order chi connectivity index (χ0) is 26.5. The lowest BCUT2D eigenvalue weighted by Gasteiger charge is -2.17. The molecule has 0 aliphatic heterocycles. The molecule has 13 nitrogen and oxygen atoms in total. The standard InChI is InChI=1S/C23H29N7O6/c24-9-2-10-36-17-7-5-15(6-8-17)28-22(35)18(12-20(32)33)30-19(31)13-27-21(34)14-3-1-4-16(11-14)29-23(25)26/h1,3-8,11,18H,2,9-10,12-13,24H2,(H,27,34)(H,28,35)(H,30,31)(H,32,33)(H4,25,26,29)/t18-/m0/s1. The summed E-state index contributed by atoms with van der Waals surface area (Å²) in [5.74, 6) is -3.11. The van der Waals surface area contributed by atoms with Gasteiger partial charge in [0.15, 0.2) is 5.96 Å². The van der Waals surface area contributed by atoms with E-state index in [4.69, 9.17) is 26.7 Å². The molecule has 3 amide bonds. The van der Waals surface area contributed by atoms with Crippen molar-refractivity contribution in [3.8, 4) is 5.75 Å². The van der Waals surface area contributed by atoms with Crippen LogP contribution in [0.1, 0.15) is 23.2 Å². The summed E-state index contributed by atoms with van der Waals surface area (Å²) in [6, 6.07) is 11.1. The van der Waals surface area contributed by atoms with Crippen molar-refractivity contribution in [1.29, 1.82) is 5.41 Å². The molecule has 192 valence electrons. The van der Waals surface area contributed by atoms with E-state index in [2.05, 4.69) is 21.3 Å². The highest BCUT2D eigenvalue weighted by molar-refractivity contribution is 6.01. The van der Waals surface area contributed by atoms with Crippen LogP contribution >= 0.6 is 0 Å². The van der Waals surface area contributed by atoms with Gasteiger partial charge in [-0.25, -0.2) is 0 Å². The number of hydrogen-bond acceptors (Lipinski definition) is 7. The van der Waals surface area contributed by atoms with Crippen molar-refractivity contribution in [2.24, 2.45) is 11.5 Å². The molecule has 10 N–H and O–H groups in total. The molecule has 0 aliphatic carbocycles. The van der Waals surface area contributed by atoms with Crippen LogP contribution in [0, 0.1) is 5.41 Å². The predicted molar refractivity (Wildman–Crippen MR) is 133 cm³/mol. The molecule has 0 saturated heterocycles. The monoisotopic (exact) mass is 499 g/mol. The van der Waals surface area contributed by atoms with Crippen molar-refractivity contribution >= 4 is 41.0 Å². The number of nitrogens with two attached hydrogens (primary N) is 2. The first-order valence-electron chi connectivity index (χ1n) is 10.9. The number of anilines is 2. The van der Waals surface area contributed by atoms with Crippen molar-refractivity contribution in [2.75, 3.05) is 30.3 Å². The summed E-state index contributed by atoms with van der Waals surface area (Å²) in [7, 11) is 0. The Morgan fingerprint density at radius 2 is 1.75 bits per heavy atom. The summed E-state index contributed by atoms with van der Waals surface area (Å²) in [6.07, 6.45) is 0.0313. The van der Waals surface area contributed by atoms with Crippen molar-refractivity contribution < 1.29 is 29.0 Å². The average molecular weight is 500 g/mol. The number of guanidine groups is 1. The molecule has 0 bridgehead atoms. The van der Waals surface area contributed by atoms with Crippen molar-refractivity contribution in [1.82, 2.24) is 10.6 Å². The molecule has 2 rings (SSSR count). The Bertz CT molecular complexity index is 1090. The fraction of sp³-hybridized carbons (Fsp3) is 0.261. The Balaban J connectivity index is 1.93. The van der Waals surface area contributed by atoms with E-state index in [1.807, 2.05) is 0 Å². The van der Waals surface area contributed by atoms with Gasteiger partial charge in [-0.3, -0.25) is 24.6 Å². The number of benzene rings is 2. The third-order valence-corrected chi connectivity index (χ3v) is 4.58. The summed E-state index contributed by atoms with van der Waals surface area (Å²) in [4.78, 5) is 48.5. The fourth-order valence-electron chi connectivity index (χ4n) is 2.92. The van der Waals surface area contributed by atoms with Gasteiger partial charge in [0.05, 0.1) is 19.6 Å². The van der Waals surface area contributed by atoms with Crippen LogP contribution in [0.4, 0.5) is 11.4 Å². The molecule has 0 unspecified atom stereocenters. The number of nitrogens with one attached hydrogen (secondary N) is 5. The SMILES string of the molecule is N=C(N)Nc1cccc(C(=O)NCC(=O)N[C@@H](CC(=O)O)C(=O)Nc2ccc(OCCCN)cc2)c1. The average Bonchev–Trinajstić information content (AvgIpc) is 2.83. The molecule has 36 heavy (non-hydrogen) atoms. The third-order valence-electron chi connectivity index (χ3n) is 4.58. The number of carbonyl (C=O) groups excluding carboxylic acids is 3. The van der Waals surface area contributed by atoms with Crippen LogP contribution in [0.5, 0.6) is 5.75 Å². The molecule has 0 saturated carbocycles. The number of ether oxygens (including phenoxy) is 1. The van der Waals surface area contributed by atoms with Crippen molar-refractivity contribution in [3.63, 3.8) is 0 Å². The van der Waals surface area contributed by atoms with Crippen LogP contribution in [-0.4, -0.2) is 60.5 Å². The minimum atomic E-state index is -1.38. The largest absolute Gasteiger partial charge is 0.494 e. The molecule has 2 aromatic rings. The van der Waals surface area contributed by atoms with E-state index in [-0.39, 0.29) is 11.5 Å². The lowest BCUT2D eigenvalue weighted by molar-refractivity contribution is -0.139. The van der Waals surface area contributed by atoms with Crippen molar-refractivity contribution in [2.45, 2.75) is 18.9 Å². The molecule has 0 heterocycles. The minimum Gasteiger partial charge on any atom is -0.494 e. The van der Waals surface area contributed by atoms with E-state index < -0.39 is 42.7 Å². The topological polar surface area (TPSA) is 222 Å². The Hall–Kier alpha value is -4.65. The number of carboxylic acids is 1. The van der Waals surface area contributed by atoms with Gasteiger partial charge in [0, 0.05) is 16.9 Å². The summed E-state index contributed by atoms with van der Waals surface area (Å²) in [5, 5.41) is 26.2. The Kier molecular flexibility index (Phi) is 10.7. The molecule has 2 aromatic carbocycles. The lowest BCUT2D eigenvalue weighted by Crippen LogP contribution is -2.48. The maximum atomic E-state index is 12.6. The molecule has 0 spiro atoms. The Morgan fingerprint density at radius 3 is 2.39 bits per heavy atom. The van der Waals surface area contributed by atoms with E-state index >= 15 is 0 Å². The van der Waals surface area contributed by atoms with Crippen LogP contribution < -0.4 is 37.5 Å². The van der Waals surface area contributed by atoms with Gasteiger partial charge in [-0.1, -0.05) is 6.07 Å². The quantitative estimate of drug-likeness (QED) is 0.106. The second kappa shape index (κ2) is 13.9. The van der Waals surface area contributed by atoms with Gasteiger partial charge in [-0.15, -0.1) is 0 Å². The van der Waals surface area contributed by atoms with Crippen LogP contribution in [0.15, 0.2) is 48.5 Å². The number of rotatable bonds is 13. The van der Waals surface area contributed by atoms with E-state index in [0.717, 1.165) is 0 Å². The number of carboxylic acid groups (broad SMARTS) is 1. The normalized spacial score (nSPS) is 11.0. The number of carbonyl (C=O) groups is 4. The van der Waals surface area contributed by atoms with Crippen LogP contribution in [-0.2, 0) is 14.4 Å².